The van der Waals surface area contributed by atoms with E-state index in [1.165, 1.54) is 41.1 Å². The first-order valence-electron chi connectivity index (χ1n) is 12.7. The summed E-state index contributed by atoms with van der Waals surface area (Å²) in [4.78, 5) is 6.32. The quantitative estimate of drug-likeness (QED) is 0.302. The number of nitrogens with one attached hydrogen (secondary N) is 2. The molecular formula is C27H33N5OS2. The number of aryl methyl sites for hydroxylation is 1. The molecule has 8 heteroatoms. The van der Waals surface area contributed by atoms with Gasteiger partial charge in [0.2, 0.25) is 0 Å². The lowest BCUT2D eigenvalue weighted by Gasteiger charge is -2.56. The number of phenols is 1. The minimum atomic E-state index is 0.142. The molecule has 35 heavy (non-hydrogen) atoms. The summed E-state index contributed by atoms with van der Waals surface area (Å²) in [6.45, 7) is 4.94. The Morgan fingerprint density at radius 1 is 1.20 bits per heavy atom. The summed E-state index contributed by atoms with van der Waals surface area (Å²) in [5.74, 6) is 2.31. The van der Waals surface area contributed by atoms with Crippen molar-refractivity contribution in [3.8, 4) is 5.75 Å². The van der Waals surface area contributed by atoms with Crippen molar-refractivity contribution >= 4 is 50.8 Å². The molecule has 2 saturated carbocycles. The minimum absolute atomic E-state index is 0.142. The minimum Gasteiger partial charge on any atom is -0.508 e. The van der Waals surface area contributed by atoms with Gasteiger partial charge in [-0.3, -0.25) is 5.43 Å². The van der Waals surface area contributed by atoms with Gasteiger partial charge in [-0.05, 0) is 98.0 Å². The molecule has 0 unspecified atom stereocenters. The molecule has 0 saturated heterocycles. The van der Waals surface area contributed by atoms with Crippen molar-refractivity contribution in [2.45, 2.75) is 58.8 Å². The molecule has 1 aromatic heterocycles. The van der Waals surface area contributed by atoms with E-state index in [0.29, 0.717) is 17.8 Å². The molecule has 0 aliphatic heterocycles. The largest absolute Gasteiger partial charge is 0.508 e. The summed E-state index contributed by atoms with van der Waals surface area (Å²) in [6.07, 6.45) is 10.5. The predicted molar refractivity (Wildman–Crippen MR) is 147 cm³/mol. The van der Waals surface area contributed by atoms with E-state index in [2.05, 4.69) is 35.8 Å². The number of hydrogen-bond donors (Lipinski definition) is 4. The molecule has 5 N–H and O–H groups in total. The second kappa shape index (κ2) is 8.30. The highest BCUT2D eigenvalue weighted by molar-refractivity contribution is 7.80. The van der Waals surface area contributed by atoms with Gasteiger partial charge in [0.05, 0.1) is 10.6 Å². The highest BCUT2D eigenvalue weighted by atomic mass is 32.1. The maximum Gasteiger partial charge on any atom is 0.187 e. The number of hydrazone groups is 1. The third-order valence-corrected chi connectivity index (χ3v) is 10.6. The van der Waals surface area contributed by atoms with E-state index in [9.17, 15) is 5.11 Å². The number of aromatic hydroxyl groups is 1. The Morgan fingerprint density at radius 2 is 2.03 bits per heavy atom. The second-order valence-corrected chi connectivity index (χ2v) is 12.6. The Kier molecular flexibility index (Phi) is 5.45. The van der Waals surface area contributed by atoms with Gasteiger partial charge in [0.1, 0.15) is 5.75 Å². The molecule has 0 spiro atoms. The van der Waals surface area contributed by atoms with Crippen molar-refractivity contribution in [3.63, 3.8) is 0 Å². The number of rotatable bonds is 3. The van der Waals surface area contributed by atoms with Gasteiger partial charge in [-0.2, -0.15) is 5.10 Å². The summed E-state index contributed by atoms with van der Waals surface area (Å²) in [7, 11) is 0. The van der Waals surface area contributed by atoms with Crippen LogP contribution in [0.3, 0.4) is 0 Å². The van der Waals surface area contributed by atoms with Crippen LogP contribution in [-0.2, 0) is 6.42 Å². The van der Waals surface area contributed by atoms with E-state index in [0.717, 1.165) is 36.5 Å². The summed E-state index contributed by atoms with van der Waals surface area (Å²) < 4.78 is 0. The molecule has 184 valence electrons. The summed E-state index contributed by atoms with van der Waals surface area (Å²) in [5.41, 5.74) is 13.7. The van der Waals surface area contributed by atoms with Gasteiger partial charge in [-0.25, -0.2) is 4.98 Å². The first-order valence-corrected chi connectivity index (χ1v) is 13.9. The van der Waals surface area contributed by atoms with Crippen LogP contribution in [0.4, 0.5) is 10.8 Å². The van der Waals surface area contributed by atoms with Crippen LogP contribution in [0.15, 0.2) is 35.4 Å². The van der Waals surface area contributed by atoms with Gasteiger partial charge in [0, 0.05) is 22.9 Å². The van der Waals surface area contributed by atoms with Crippen LogP contribution < -0.4 is 16.5 Å². The van der Waals surface area contributed by atoms with Gasteiger partial charge >= 0.3 is 0 Å². The molecule has 4 aliphatic carbocycles. The van der Waals surface area contributed by atoms with Gasteiger partial charge in [0.25, 0.3) is 0 Å². The molecule has 2 aromatic rings. The Hall–Kier alpha value is -2.45. The van der Waals surface area contributed by atoms with Crippen LogP contribution in [0.2, 0.25) is 0 Å². The molecule has 0 bridgehead atoms. The molecule has 1 heterocycles. The summed E-state index contributed by atoms with van der Waals surface area (Å²) >= 11 is 6.76. The van der Waals surface area contributed by atoms with Gasteiger partial charge in [-0.15, -0.1) is 0 Å². The monoisotopic (exact) mass is 507 g/mol. The Morgan fingerprint density at radius 3 is 2.83 bits per heavy atom. The van der Waals surface area contributed by atoms with Crippen molar-refractivity contribution in [3.05, 3.63) is 40.9 Å². The topological polar surface area (TPSA) is 95.6 Å². The Labute approximate surface area is 216 Å². The Bertz CT molecular complexity index is 1250. The first-order chi connectivity index (χ1) is 16.8. The van der Waals surface area contributed by atoms with E-state index in [1.807, 2.05) is 12.1 Å². The molecule has 5 atom stereocenters. The molecule has 2 fully saturated rings. The van der Waals surface area contributed by atoms with Gasteiger partial charge in [-0.1, -0.05) is 37.3 Å². The van der Waals surface area contributed by atoms with Crippen molar-refractivity contribution < 1.29 is 5.11 Å². The number of nitrogens with zero attached hydrogens (tertiary/aromatic N) is 2. The fourth-order valence-electron chi connectivity index (χ4n) is 7.73. The number of aromatic nitrogens is 1. The average molecular weight is 508 g/mol. The normalized spacial score (nSPS) is 34.3. The molecule has 0 radical (unpaired) electrons. The molecule has 6 nitrogen and oxygen atoms in total. The average Bonchev–Trinajstić information content (AvgIpc) is 3.37. The van der Waals surface area contributed by atoms with Crippen molar-refractivity contribution in [1.29, 1.82) is 0 Å². The number of hydrogen-bond acceptors (Lipinski definition) is 6. The van der Waals surface area contributed by atoms with E-state index in [-0.39, 0.29) is 21.7 Å². The maximum atomic E-state index is 9.82. The second-order valence-electron chi connectivity index (χ2n) is 11.1. The number of allylic oxidation sites excluding steroid dienone is 2. The highest BCUT2D eigenvalue weighted by Gasteiger charge is 2.58. The maximum absolute atomic E-state index is 9.82. The number of benzene rings is 1. The van der Waals surface area contributed by atoms with Crippen LogP contribution >= 0.6 is 23.6 Å². The molecule has 0 amide bonds. The van der Waals surface area contributed by atoms with Crippen molar-refractivity contribution in [1.82, 2.24) is 10.4 Å². The standard InChI is InChI=1S/C27H33N5OS2/c1-26-13-11-21-23(35-25(30-21)29-15-4-3-5-16(33)14-15)20(26)7-6-17-18-8-9-22(31-32-24(28)34)27(18,2)12-10-19(17)26/h3-5,7,14,17-19,33H,6,8-13H2,1-2H3,(H,29,30)(H3,28,32,34)/b31-22+/t17-,18-,19-,26+,27-/m0/s1. The van der Waals surface area contributed by atoms with Crippen LogP contribution in [-0.4, -0.2) is 20.9 Å². The summed E-state index contributed by atoms with van der Waals surface area (Å²) in [6, 6.07) is 7.24. The van der Waals surface area contributed by atoms with Gasteiger partial charge < -0.3 is 16.2 Å². The molecular weight excluding hydrogens is 474 g/mol. The van der Waals surface area contributed by atoms with E-state index in [1.54, 1.807) is 23.5 Å². The fraction of sp³-hybridized carbons (Fsp3) is 0.519. The number of phenolic OH excluding ortho intramolecular Hbond substituents is 1. The highest BCUT2D eigenvalue weighted by Crippen LogP contribution is 2.65. The number of anilines is 2. The van der Waals surface area contributed by atoms with Gasteiger partial charge in [0.15, 0.2) is 10.2 Å². The molecule has 6 rings (SSSR count). The SMILES string of the molecule is C[C@]12CCc3nc(Nc4cccc(O)c4)sc3C1=CC[C@@H]1[C@@H]2CC[C@]2(C)/C(=N/NC(N)=S)CC[C@@H]12. The zero-order chi connectivity index (χ0) is 24.4. The third kappa shape index (κ3) is 3.68. The zero-order valence-corrected chi connectivity index (χ0v) is 21.9. The number of thiocarbonyl (C=S) groups is 1. The lowest BCUT2D eigenvalue weighted by molar-refractivity contribution is 0.0116. The van der Waals surface area contributed by atoms with Crippen molar-refractivity contribution in [2.75, 3.05) is 5.32 Å². The van der Waals surface area contributed by atoms with Crippen molar-refractivity contribution in [2.24, 2.45) is 39.4 Å². The molecule has 1 aromatic carbocycles. The van der Waals surface area contributed by atoms with E-state index < -0.39 is 0 Å². The Balaban J connectivity index is 1.29. The third-order valence-electron chi connectivity index (χ3n) is 9.43. The number of nitrogens with two attached hydrogens (primary N) is 1. The van der Waals surface area contributed by atoms with Crippen LogP contribution in [0.1, 0.15) is 62.9 Å². The first kappa shape index (κ1) is 23.0. The zero-order valence-electron chi connectivity index (χ0n) is 20.3. The summed E-state index contributed by atoms with van der Waals surface area (Å²) in [5, 5.41) is 19.0. The van der Waals surface area contributed by atoms with Crippen LogP contribution in [0.5, 0.6) is 5.75 Å². The van der Waals surface area contributed by atoms with E-state index >= 15 is 0 Å². The number of thiazole rings is 1. The lowest BCUT2D eigenvalue weighted by atomic mass is 9.48. The van der Waals surface area contributed by atoms with Crippen LogP contribution in [0.25, 0.3) is 5.57 Å². The van der Waals surface area contributed by atoms with Crippen LogP contribution in [0, 0.1) is 28.6 Å². The predicted octanol–water partition coefficient (Wildman–Crippen LogP) is 5.96. The number of fused-ring (bicyclic) bond motifs is 7. The smallest absolute Gasteiger partial charge is 0.187 e. The fourth-order valence-corrected chi connectivity index (χ4v) is 8.99. The van der Waals surface area contributed by atoms with E-state index in [4.69, 9.17) is 22.9 Å². The lowest BCUT2D eigenvalue weighted by Crippen LogP contribution is -2.49. The molecule has 4 aliphatic rings.